The molecule has 2 aromatic heterocycles. The van der Waals surface area contributed by atoms with Gasteiger partial charge in [0.15, 0.2) is 0 Å². The van der Waals surface area contributed by atoms with E-state index < -0.39 is 0 Å². The summed E-state index contributed by atoms with van der Waals surface area (Å²) in [6.07, 6.45) is 7.61. The van der Waals surface area contributed by atoms with Gasteiger partial charge in [-0.05, 0) is 50.6 Å². The zero-order chi connectivity index (χ0) is 18.8. The van der Waals surface area contributed by atoms with Crippen LogP contribution in [0.4, 0.5) is 4.39 Å². The highest BCUT2D eigenvalue weighted by molar-refractivity contribution is 5.27. The van der Waals surface area contributed by atoms with Crippen LogP contribution < -0.4 is 4.74 Å². The summed E-state index contributed by atoms with van der Waals surface area (Å²) in [4.78, 5) is 11.4. The maximum absolute atomic E-state index is 13.1. The Hall–Kier alpha value is -2.80. The van der Waals surface area contributed by atoms with Gasteiger partial charge in [0.2, 0.25) is 5.88 Å². The molecule has 1 aliphatic heterocycles. The fourth-order valence-electron chi connectivity index (χ4n) is 3.57. The van der Waals surface area contributed by atoms with Crippen LogP contribution in [0.1, 0.15) is 35.8 Å². The summed E-state index contributed by atoms with van der Waals surface area (Å²) in [6.45, 7) is 3.90. The average molecular weight is 367 g/mol. The van der Waals surface area contributed by atoms with Crippen LogP contribution in [0.25, 0.3) is 0 Å². The van der Waals surface area contributed by atoms with E-state index in [1.807, 2.05) is 18.7 Å². The molecule has 1 saturated heterocycles. The van der Waals surface area contributed by atoms with Gasteiger partial charge in [0.1, 0.15) is 11.6 Å². The van der Waals surface area contributed by atoms with E-state index in [-0.39, 0.29) is 11.9 Å². The lowest BCUT2D eigenvalue weighted by Crippen LogP contribution is -2.23. The summed E-state index contributed by atoms with van der Waals surface area (Å²) in [6, 6.07) is 6.09. The van der Waals surface area contributed by atoms with Crippen molar-refractivity contribution in [3.63, 3.8) is 0 Å². The molecule has 3 aromatic rings. The van der Waals surface area contributed by atoms with Crippen molar-refractivity contribution in [1.82, 2.24) is 24.6 Å². The number of nitrogens with zero attached hydrogens (tertiary/aromatic N) is 5. The predicted molar refractivity (Wildman–Crippen MR) is 98.8 cm³/mol. The van der Waals surface area contributed by atoms with Crippen molar-refractivity contribution in [2.75, 3.05) is 6.54 Å². The molecule has 0 amide bonds. The molecule has 3 heterocycles. The largest absolute Gasteiger partial charge is 0.437 e. The Morgan fingerprint density at radius 1 is 1.22 bits per heavy atom. The van der Waals surface area contributed by atoms with Gasteiger partial charge in [-0.1, -0.05) is 0 Å². The van der Waals surface area contributed by atoms with E-state index in [1.165, 1.54) is 17.7 Å². The molecule has 27 heavy (non-hydrogen) atoms. The minimum absolute atomic E-state index is 0.203. The van der Waals surface area contributed by atoms with Crippen LogP contribution >= 0.6 is 0 Å². The van der Waals surface area contributed by atoms with Crippen LogP contribution in [0.15, 0.2) is 42.9 Å². The normalized spacial score (nSPS) is 17.4. The lowest BCUT2D eigenvalue weighted by atomic mass is 10.1. The van der Waals surface area contributed by atoms with Crippen LogP contribution in [0, 0.1) is 12.7 Å². The van der Waals surface area contributed by atoms with Gasteiger partial charge in [-0.15, -0.1) is 0 Å². The Labute approximate surface area is 157 Å². The Morgan fingerprint density at radius 2 is 2.04 bits per heavy atom. The van der Waals surface area contributed by atoms with E-state index in [0.717, 1.165) is 37.3 Å². The van der Waals surface area contributed by atoms with Crippen LogP contribution in [0.5, 0.6) is 11.6 Å². The molecular weight excluding hydrogens is 345 g/mol. The first-order valence-electron chi connectivity index (χ1n) is 9.07. The molecular formula is C20H22FN5O. The third-order valence-electron chi connectivity index (χ3n) is 4.86. The van der Waals surface area contributed by atoms with E-state index in [4.69, 9.17) is 4.74 Å². The Balaban J connectivity index is 1.51. The maximum atomic E-state index is 13.1. The number of aryl methyl sites for hydroxylation is 2. The number of aromatic nitrogens is 4. The van der Waals surface area contributed by atoms with Crippen LogP contribution in [0.2, 0.25) is 0 Å². The van der Waals surface area contributed by atoms with E-state index in [0.29, 0.717) is 11.6 Å². The first kappa shape index (κ1) is 17.6. The van der Waals surface area contributed by atoms with Crippen molar-refractivity contribution in [2.45, 2.75) is 32.4 Å². The van der Waals surface area contributed by atoms with Gasteiger partial charge in [0.05, 0.1) is 29.8 Å². The predicted octanol–water partition coefficient (Wildman–Crippen LogP) is 3.79. The molecule has 0 aliphatic carbocycles. The van der Waals surface area contributed by atoms with Gasteiger partial charge in [-0.2, -0.15) is 5.10 Å². The van der Waals surface area contributed by atoms with E-state index in [9.17, 15) is 4.39 Å². The SMILES string of the molecule is Cc1nn(C)cc1CN1CCCC1c1cncc(Oc2ccc(F)cc2)n1. The molecule has 0 bridgehead atoms. The minimum Gasteiger partial charge on any atom is -0.437 e. The molecule has 6 nitrogen and oxygen atoms in total. The molecule has 4 rings (SSSR count). The Morgan fingerprint density at radius 3 is 2.78 bits per heavy atom. The Kier molecular flexibility index (Phi) is 4.85. The zero-order valence-corrected chi connectivity index (χ0v) is 15.5. The fraction of sp³-hybridized carbons (Fsp3) is 0.350. The summed E-state index contributed by atoms with van der Waals surface area (Å²) in [7, 11) is 1.94. The number of hydrogen-bond donors (Lipinski definition) is 0. The molecule has 1 aromatic carbocycles. The topological polar surface area (TPSA) is 56.1 Å². The number of benzene rings is 1. The van der Waals surface area contributed by atoms with Gasteiger partial charge in [-0.3, -0.25) is 14.6 Å². The van der Waals surface area contributed by atoms with Gasteiger partial charge < -0.3 is 4.74 Å². The highest BCUT2D eigenvalue weighted by Crippen LogP contribution is 2.33. The van der Waals surface area contributed by atoms with E-state index in [2.05, 4.69) is 26.2 Å². The highest BCUT2D eigenvalue weighted by atomic mass is 19.1. The highest BCUT2D eigenvalue weighted by Gasteiger charge is 2.28. The van der Waals surface area contributed by atoms with Crippen molar-refractivity contribution in [1.29, 1.82) is 0 Å². The molecule has 1 unspecified atom stereocenters. The van der Waals surface area contributed by atoms with E-state index in [1.54, 1.807) is 24.5 Å². The number of hydrogen-bond acceptors (Lipinski definition) is 5. The maximum Gasteiger partial charge on any atom is 0.238 e. The standard InChI is InChI=1S/C20H22FN5O/c1-14-15(12-25(2)24-14)13-26-9-3-4-19(26)18-10-22-11-20(23-18)27-17-7-5-16(21)6-8-17/h5-8,10-12,19H,3-4,9,13H2,1-2H3. The van der Waals surface area contributed by atoms with Crippen LogP contribution in [0.3, 0.4) is 0 Å². The average Bonchev–Trinajstić information content (AvgIpc) is 3.24. The number of likely N-dealkylation sites (tertiary alicyclic amines) is 1. The third-order valence-corrected chi connectivity index (χ3v) is 4.86. The van der Waals surface area contributed by atoms with Crippen molar-refractivity contribution < 1.29 is 9.13 Å². The second-order valence-corrected chi connectivity index (χ2v) is 6.88. The van der Waals surface area contributed by atoms with Crippen molar-refractivity contribution in [2.24, 2.45) is 7.05 Å². The minimum atomic E-state index is -0.297. The van der Waals surface area contributed by atoms with E-state index >= 15 is 0 Å². The summed E-state index contributed by atoms with van der Waals surface area (Å²) in [5.41, 5.74) is 3.19. The van der Waals surface area contributed by atoms with Crippen molar-refractivity contribution in [3.8, 4) is 11.6 Å². The number of ether oxygens (including phenoxy) is 1. The molecule has 0 spiro atoms. The number of rotatable bonds is 5. The molecule has 7 heteroatoms. The molecule has 1 fully saturated rings. The summed E-state index contributed by atoms with van der Waals surface area (Å²) < 4.78 is 20.6. The van der Waals surface area contributed by atoms with Crippen LogP contribution in [-0.2, 0) is 13.6 Å². The summed E-state index contributed by atoms with van der Waals surface area (Å²) in [5.74, 6) is 0.662. The van der Waals surface area contributed by atoms with Gasteiger partial charge in [0.25, 0.3) is 0 Å². The van der Waals surface area contributed by atoms with Gasteiger partial charge in [0, 0.05) is 25.4 Å². The second kappa shape index (κ2) is 7.44. The molecule has 0 N–H and O–H groups in total. The molecule has 0 radical (unpaired) electrons. The summed E-state index contributed by atoms with van der Waals surface area (Å²) >= 11 is 0. The zero-order valence-electron chi connectivity index (χ0n) is 15.5. The van der Waals surface area contributed by atoms with Gasteiger partial charge in [-0.25, -0.2) is 9.37 Å². The lowest BCUT2D eigenvalue weighted by Gasteiger charge is -2.23. The summed E-state index contributed by atoms with van der Waals surface area (Å²) in [5, 5.41) is 4.43. The quantitative estimate of drug-likeness (QED) is 0.687. The Bertz CT molecular complexity index is 924. The monoisotopic (exact) mass is 367 g/mol. The first-order chi connectivity index (χ1) is 13.1. The lowest BCUT2D eigenvalue weighted by molar-refractivity contribution is 0.242. The number of halogens is 1. The first-order valence-corrected chi connectivity index (χ1v) is 9.07. The van der Waals surface area contributed by atoms with Crippen molar-refractivity contribution in [3.05, 3.63) is 65.6 Å². The third kappa shape index (κ3) is 3.98. The fourth-order valence-corrected chi connectivity index (χ4v) is 3.57. The van der Waals surface area contributed by atoms with Crippen molar-refractivity contribution >= 4 is 0 Å². The molecule has 140 valence electrons. The smallest absolute Gasteiger partial charge is 0.238 e. The molecule has 1 aliphatic rings. The second-order valence-electron chi connectivity index (χ2n) is 6.88. The van der Waals surface area contributed by atoms with Crippen LogP contribution in [-0.4, -0.2) is 31.2 Å². The van der Waals surface area contributed by atoms with Gasteiger partial charge >= 0.3 is 0 Å². The molecule has 0 saturated carbocycles. The molecule has 1 atom stereocenters.